The van der Waals surface area contributed by atoms with Gasteiger partial charge in [0.1, 0.15) is 6.04 Å². The minimum absolute atomic E-state index is 0. The third kappa shape index (κ3) is 4.51. The van der Waals surface area contributed by atoms with Crippen LogP contribution in [0.1, 0.15) is 32.8 Å². The minimum Gasteiger partial charge on any atom is -0.398 e. The molecule has 4 N–H and O–H groups in total. The summed E-state index contributed by atoms with van der Waals surface area (Å²) in [6.45, 7) is 6.27. The summed E-state index contributed by atoms with van der Waals surface area (Å²) in [5.74, 6) is -0.312. The van der Waals surface area contributed by atoms with E-state index >= 15 is 0 Å². The number of carbonyl (C=O) groups is 2. The summed E-state index contributed by atoms with van der Waals surface area (Å²) in [5.41, 5.74) is 8.85. The van der Waals surface area contributed by atoms with Crippen LogP contribution in [0.5, 0.6) is 0 Å². The highest BCUT2D eigenvalue weighted by atomic mass is 35.5. The zero-order chi connectivity index (χ0) is 16.3. The van der Waals surface area contributed by atoms with Crippen molar-refractivity contribution >= 4 is 35.7 Å². The van der Waals surface area contributed by atoms with Crippen molar-refractivity contribution in [1.29, 1.82) is 0 Å². The van der Waals surface area contributed by atoms with Crippen molar-refractivity contribution in [2.24, 2.45) is 0 Å². The molecule has 0 fully saturated rings. The Morgan fingerprint density at radius 3 is 2.61 bits per heavy atom. The number of hydrogen-bond donors (Lipinski definition) is 3. The second kappa shape index (κ2) is 8.06. The van der Waals surface area contributed by atoms with Crippen molar-refractivity contribution < 1.29 is 9.59 Å². The number of carbonyl (C=O) groups excluding carboxylic acids is 2. The quantitative estimate of drug-likeness (QED) is 0.735. The number of nitrogens with two attached hydrogens (primary N) is 1. The van der Waals surface area contributed by atoms with Crippen molar-refractivity contribution in [3.63, 3.8) is 0 Å². The van der Waals surface area contributed by atoms with Gasteiger partial charge in [-0.1, -0.05) is 6.07 Å². The lowest BCUT2D eigenvalue weighted by Gasteiger charge is -2.35. The first-order valence-corrected chi connectivity index (χ1v) is 7.65. The lowest BCUT2D eigenvalue weighted by molar-refractivity contribution is -0.121. The van der Waals surface area contributed by atoms with Crippen molar-refractivity contribution in [1.82, 2.24) is 10.6 Å². The molecule has 128 valence electrons. The van der Waals surface area contributed by atoms with Crippen molar-refractivity contribution in [2.45, 2.75) is 45.7 Å². The van der Waals surface area contributed by atoms with Gasteiger partial charge in [0.2, 0.25) is 5.91 Å². The highest BCUT2D eigenvalue weighted by Gasteiger charge is 2.27. The maximum atomic E-state index is 12.3. The van der Waals surface area contributed by atoms with Gasteiger partial charge < -0.3 is 16.0 Å². The molecule has 0 aliphatic carbocycles. The van der Waals surface area contributed by atoms with E-state index < -0.39 is 12.1 Å². The second-order valence-corrected chi connectivity index (χ2v) is 5.94. The van der Waals surface area contributed by atoms with E-state index in [-0.39, 0.29) is 24.4 Å². The molecule has 0 spiro atoms. The number of amides is 3. The molecule has 23 heavy (non-hydrogen) atoms. The monoisotopic (exact) mass is 340 g/mol. The Balaban J connectivity index is 0.00000264. The number of urea groups is 1. The molecular weight excluding hydrogens is 316 g/mol. The van der Waals surface area contributed by atoms with Gasteiger partial charge in [0, 0.05) is 24.0 Å². The summed E-state index contributed by atoms with van der Waals surface area (Å²) in [6.07, 6.45) is 1.86. The molecule has 0 radical (unpaired) electrons. The van der Waals surface area contributed by atoms with Crippen molar-refractivity contribution in [2.75, 3.05) is 17.2 Å². The molecule has 0 saturated heterocycles. The van der Waals surface area contributed by atoms with Crippen molar-refractivity contribution in [3.8, 4) is 0 Å². The van der Waals surface area contributed by atoms with Crippen LogP contribution >= 0.6 is 12.4 Å². The third-order valence-corrected chi connectivity index (χ3v) is 3.83. The molecular formula is C16H25ClN4O2. The van der Waals surface area contributed by atoms with Gasteiger partial charge in [0.25, 0.3) is 0 Å². The molecule has 1 atom stereocenters. The summed E-state index contributed by atoms with van der Waals surface area (Å²) >= 11 is 0. The number of rotatable bonds is 3. The standard InChI is InChI=1S/C16H24N4O2.ClH/c1-10(2)18-16(22)19-15(21)11(3)20-9-5-6-12-13(17)7-4-8-14(12)20;/h4,7-8,10-11H,5-6,9,17H2,1-3H3,(H2,18,19,21,22);1H. The van der Waals surface area contributed by atoms with E-state index in [0.717, 1.165) is 36.3 Å². The van der Waals surface area contributed by atoms with Gasteiger partial charge in [0.05, 0.1) is 0 Å². The van der Waals surface area contributed by atoms with E-state index in [2.05, 4.69) is 10.6 Å². The summed E-state index contributed by atoms with van der Waals surface area (Å²) in [6, 6.07) is 4.84. The van der Waals surface area contributed by atoms with Crippen LogP contribution in [0.2, 0.25) is 0 Å². The number of anilines is 2. The van der Waals surface area contributed by atoms with E-state index in [0.29, 0.717) is 0 Å². The van der Waals surface area contributed by atoms with Crippen LogP contribution in [0, 0.1) is 0 Å². The Kier molecular flexibility index (Phi) is 6.69. The molecule has 1 aromatic carbocycles. The van der Waals surface area contributed by atoms with Gasteiger partial charge in [-0.15, -0.1) is 12.4 Å². The number of halogens is 1. The van der Waals surface area contributed by atoms with Gasteiger partial charge in [-0.2, -0.15) is 0 Å². The molecule has 0 saturated carbocycles. The zero-order valence-electron chi connectivity index (χ0n) is 13.8. The average Bonchev–Trinajstić information content (AvgIpc) is 2.45. The first kappa shape index (κ1) is 19.1. The van der Waals surface area contributed by atoms with Crippen LogP contribution in [0.4, 0.5) is 16.2 Å². The van der Waals surface area contributed by atoms with Crippen LogP contribution in [0.25, 0.3) is 0 Å². The molecule has 0 aromatic heterocycles. The lowest BCUT2D eigenvalue weighted by atomic mass is 9.98. The third-order valence-electron chi connectivity index (χ3n) is 3.83. The first-order chi connectivity index (χ1) is 10.4. The summed E-state index contributed by atoms with van der Waals surface area (Å²) in [7, 11) is 0. The molecule has 1 heterocycles. The van der Waals surface area contributed by atoms with Crippen LogP contribution in [0.15, 0.2) is 18.2 Å². The predicted molar refractivity (Wildman–Crippen MR) is 95.0 cm³/mol. The smallest absolute Gasteiger partial charge is 0.321 e. The molecule has 2 rings (SSSR count). The number of nitrogens with one attached hydrogen (secondary N) is 2. The molecule has 3 amide bonds. The van der Waals surface area contributed by atoms with Gasteiger partial charge in [-0.3, -0.25) is 10.1 Å². The average molecular weight is 341 g/mol. The Bertz CT molecular complexity index is 577. The van der Waals surface area contributed by atoms with Crippen LogP contribution in [-0.2, 0) is 11.2 Å². The molecule has 1 aliphatic rings. The molecule has 1 aliphatic heterocycles. The Morgan fingerprint density at radius 1 is 1.26 bits per heavy atom. The first-order valence-electron chi connectivity index (χ1n) is 7.65. The number of nitrogens with zero attached hydrogens (tertiary/aromatic N) is 1. The molecule has 6 nitrogen and oxygen atoms in total. The largest absolute Gasteiger partial charge is 0.398 e. The highest BCUT2D eigenvalue weighted by molar-refractivity contribution is 5.98. The summed E-state index contributed by atoms with van der Waals surface area (Å²) in [4.78, 5) is 26.0. The van der Waals surface area contributed by atoms with Gasteiger partial charge in [-0.25, -0.2) is 4.79 Å². The molecule has 0 bridgehead atoms. The van der Waals surface area contributed by atoms with E-state index in [9.17, 15) is 9.59 Å². The molecule has 7 heteroatoms. The van der Waals surface area contributed by atoms with Gasteiger partial charge >= 0.3 is 6.03 Å². The maximum Gasteiger partial charge on any atom is 0.321 e. The van der Waals surface area contributed by atoms with Crippen LogP contribution in [-0.4, -0.2) is 30.6 Å². The highest BCUT2D eigenvalue weighted by Crippen LogP contribution is 2.32. The fourth-order valence-corrected chi connectivity index (χ4v) is 2.74. The van der Waals surface area contributed by atoms with E-state index in [1.165, 1.54) is 0 Å². The maximum absolute atomic E-state index is 12.3. The van der Waals surface area contributed by atoms with Crippen molar-refractivity contribution in [3.05, 3.63) is 23.8 Å². The van der Waals surface area contributed by atoms with E-state index in [1.54, 1.807) is 6.92 Å². The number of nitrogen functional groups attached to an aromatic ring is 1. The fourth-order valence-electron chi connectivity index (χ4n) is 2.74. The topological polar surface area (TPSA) is 87.5 Å². The Morgan fingerprint density at radius 2 is 1.96 bits per heavy atom. The number of imide groups is 1. The second-order valence-electron chi connectivity index (χ2n) is 5.94. The Labute approximate surface area is 143 Å². The molecule has 1 aromatic rings. The normalized spacial score (nSPS) is 14.5. The van der Waals surface area contributed by atoms with Crippen LogP contribution in [0.3, 0.4) is 0 Å². The van der Waals surface area contributed by atoms with Crippen LogP contribution < -0.4 is 21.3 Å². The Hall–Kier alpha value is -1.95. The zero-order valence-corrected chi connectivity index (χ0v) is 14.6. The van der Waals surface area contributed by atoms with E-state index in [1.807, 2.05) is 36.9 Å². The van der Waals surface area contributed by atoms with Gasteiger partial charge in [0.15, 0.2) is 0 Å². The molecule has 1 unspecified atom stereocenters. The number of benzene rings is 1. The number of hydrogen-bond acceptors (Lipinski definition) is 4. The summed E-state index contributed by atoms with van der Waals surface area (Å²) < 4.78 is 0. The van der Waals surface area contributed by atoms with E-state index in [4.69, 9.17) is 5.73 Å². The number of fused-ring (bicyclic) bond motifs is 1. The summed E-state index contributed by atoms with van der Waals surface area (Å²) in [5, 5.41) is 5.04. The predicted octanol–water partition coefficient (Wildman–Crippen LogP) is 2.07. The minimum atomic E-state index is -0.461. The lowest BCUT2D eigenvalue weighted by Crippen LogP contribution is -2.51. The SMILES string of the molecule is CC(C)NC(=O)NC(=O)C(C)N1CCCc2c(N)cccc21.Cl. The fraction of sp³-hybridized carbons (Fsp3) is 0.500. The van der Waals surface area contributed by atoms with Gasteiger partial charge in [-0.05, 0) is 51.3 Å².